The minimum Gasteiger partial charge on any atom is -0.497 e. The molecule has 128 valence electrons. The Bertz CT molecular complexity index is 702. The second-order valence-electron chi connectivity index (χ2n) is 6.19. The fourth-order valence-electron chi connectivity index (χ4n) is 3.15. The molecule has 0 bridgehead atoms. The number of carbonyl (C=O) groups is 1. The number of aromatic nitrogens is 1. The van der Waals surface area contributed by atoms with Gasteiger partial charge in [-0.25, -0.2) is 4.98 Å². The molecule has 1 aliphatic carbocycles. The van der Waals surface area contributed by atoms with Crippen molar-refractivity contribution < 1.29 is 13.9 Å². The summed E-state index contributed by atoms with van der Waals surface area (Å²) < 4.78 is 11.1. The number of benzene rings is 1. The van der Waals surface area contributed by atoms with E-state index in [2.05, 4.69) is 10.3 Å². The summed E-state index contributed by atoms with van der Waals surface area (Å²) in [5.41, 5.74) is 1.50. The standard InChI is InChI=1S/C19H24N2O3/c1-3-16-17(18(22)20-14-9-5-4-6-10-14)24-19(21-16)13-8-7-11-15(12-13)23-2/h7-8,11-12,14H,3-6,9-10H2,1-2H3,(H,20,22). The Balaban J connectivity index is 1.82. The monoisotopic (exact) mass is 328 g/mol. The van der Waals surface area contributed by atoms with E-state index in [9.17, 15) is 4.79 Å². The van der Waals surface area contributed by atoms with Crippen molar-refractivity contribution in [3.8, 4) is 17.2 Å². The van der Waals surface area contributed by atoms with Crippen molar-refractivity contribution in [1.82, 2.24) is 10.3 Å². The highest BCUT2D eigenvalue weighted by atomic mass is 16.5. The quantitative estimate of drug-likeness (QED) is 0.902. The highest BCUT2D eigenvalue weighted by molar-refractivity contribution is 5.93. The Hall–Kier alpha value is -2.30. The molecule has 2 aromatic rings. The Kier molecular flexibility index (Phi) is 5.18. The average molecular weight is 328 g/mol. The van der Waals surface area contributed by atoms with Crippen LogP contribution in [0.3, 0.4) is 0 Å². The molecule has 1 fully saturated rings. The maximum Gasteiger partial charge on any atom is 0.289 e. The van der Waals surface area contributed by atoms with E-state index in [-0.39, 0.29) is 11.9 Å². The van der Waals surface area contributed by atoms with E-state index in [1.165, 1.54) is 19.3 Å². The van der Waals surface area contributed by atoms with E-state index < -0.39 is 0 Å². The number of oxazole rings is 1. The van der Waals surface area contributed by atoms with E-state index in [0.29, 0.717) is 23.8 Å². The maximum absolute atomic E-state index is 12.6. The van der Waals surface area contributed by atoms with Crippen molar-refractivity contribution in [1.29, 1.82) is 0 Å². The number of ether oxygens (including phenoxy) is 1. The summed E-state index contributed by atoms with van der Waals surface area (Å²) in [5.74, 6) is 1.37. The molecule has 1 aromatic carbocycles. The Morgan fingerprint density at radius 1 is 1.33 bits per heavy atom. The van der Waals surface area contributed by atoms with E-state index in [1.54, 1.807) is 7.11 Å². The molecule has 1 N–H and O–H groups in total. The lowest BCUT2D eigenvalue weighted by molar-refractivity contribution is 0.0899. The molecule has 5 heteroatoms. The van der Waals surface area contributed by atoms with Gasteiger partial charge in [0.05, 0.1) is 12.8 Å². The molecule has 0 aliphatic heterocycles. The van der Waals surface area contributed by atoms with Gasteiger partial charge in [-0.1, -0.05) is 32.3 Å². The summed E-state index contributed by atoms with van der Waals surface area (Å²) in [4.78, 5) is 17.1. The lowest BCUT2D eigenvalue weighted by Crippen LogP contribution is -2.36. The number of carbonyl (C=O) groups excluding carboxylic acids is 1. The van der Waals surface area contributed by atoms with Gasteiger partial charge in [0.15, 0.2) is 0 Å². The highest BCUT2D eigenvalue weighted by Crippen LogP contribution is 2.26. The van der Waals surface area contributed by atoms with Crippen molar-refractivity contribution >= 4 is 5.91 Å². The molecule has 0 atom stereocenters. The number of rotatable bonds is 5. The predicted octanol–water partition coefficient (Wildman–Crippen LogP) is 3.98. The van der Waals surface area contributed by atoms with Gasteiger partial charge in [-0.2, -0.15) is 0 Å². The Morgan fingerprint density at radius 3 is 2.83 bits per heavy atom. The van der Waals surface area contributed by atoms with Crippen molar-refractivity contribution in [3.05, 3.63) is 35.7 Å². The second-order valence-corrected chi connectivity index (χ2v) is 6.19. The molecule has 0 radical (unpaired) electrons. The summed E-state index contributed by atoms with van der Waals surface area (Å²) in [6.45, 7) is 1.98. The van der Waals surface area contributed by atoms with Crippen molar-refractivity contribution in [3.63, 3.8) is 0 Å². The molecule has 3 rings (SSSR count). The second kappa shape index (κ2) is 7.51. The summed E-state index contributed by atoms with van der Waals surface area (Å²) in [6.07, 6.45) is 6.36. The fourth-order valence-corrected chi connectivity index (χ4v) is 3.15. The van der Waals surface area contributed by atoms with E-state index in [1.807, 2.05) is 31.2 Å². The molecule has 5 nitrogen and oxygen atoms in total. The molecule has 0 unspecified atom stereocenters. The molecule has 0 spiro atoms. The molecular weight excluding hydrogens is 304 g/mol. The van der Waals surface area contributed by atoms with Gasteiger partial charge < -0.3 is 14.5 Å². The van der Waals surface area contributed by atoms with E-state index >= 15 is 0 Å². The summed E-state index contributed by atoms with van der Waals surface area (Å²) in [6, 6.07) is 7.75. The van der Waals surface area contributed by atoms with Gasteiger partial charge in [-0.15, -0.1) is 0 Å². The Morgan fingerprint density at radius 2 is 2.12 bits per heavy atom. The zero-order valence-electron chi connectivity index (χ0n) is 14.3. The van der Waals surface area contributed by atoms with Crippen LogP contribution in [0.25, 0.3) is 11.5 Å². The van der Waals surface area contributed by atoms with Gasteiger partial charge in [0.1, 0.15) is 5.75 Å². The SMILES string of the molecule is CCc1nc(-c2cccc(OC)c2)oc1C(=O)NC1CCCCC1. The summed E-state index contributed by atoms with van der Waals surface area (Å²) in [5, 5.41) is 3.10. The normalized spacial score (nSPS) is 15.2. The number of amides is 1. The zero-order valence-corrected chi connectivity index (χ0v) is 14.3. The van der Waals surface area contributed by atoms with Gasteiger partial charge in [-0.3, -0.25) is 4.79 Å². The Labute approximate surface area is 142 Å². The van der Waals surface area contributed by atoms with Crippen LogP contribution in [0.15, 0.2) is 28.7 Å². The van der Waals surface area contributed by atoms with Crippen LogP contribution in [0.2, 0.25) is 0 Å². The van der Waals surface area contributed by atoms with Crippen LogP contribution in [-0.4, -0.2) is 24.0 Å². The van der Waals surface area contributed by atoms with Crippen molar-refractivity contribution in [2.24, 2.45) is 0 Å². The van der Waals surface area contributed by atoms with E-state index in [4.69, 9.17) is 9.15 Å². The number of nitrogens with zero attached hydrogens (tertiary/aromatic N) is 1. The largest absolute Gasteiger partial charge is 0.497 e. The number of hydrogen-bond donors (Lipinski definition) is 1. The van der Waals surface area contributed by atoms with Crippen molar-refractivity contribution in [2.75, 3.05) is 7.11 Å². The van der Waals surface area contributed by atoms with Crippen LogP contribution >= 0.6 is 0 Å². The van der Waals surface area contributed by atoms with Crippen LogP contribution in [0.5, 0.6) is 5.75 Å². The molecule has 1 saturated carbocycles. The lowest BCUT2D eigenvalue weighted by Gasteiger charge is -2.22. The van der Waals surface area contributed by atoms with Crippen LogP contribution in [0.1, 0.15) is 55.3 Å². The first-order chi connectivity index (χ1) is 11.7. The minimum absolute atomic E-state index is 0.152. The van der Waals surface area contributed by atoms with Crippen LogP contribution in [0, 0.1) is 0 Å². The first-order valence-electron chi connectivity index (χ1n) is 8.66. The lowest BCUT2D eigenvalue weighted by atomic mass is 9.95. The number of aryl methyl sites for hydroxylation is 1. The third-order valence-corrected chi connectivity index (χ3v) is 4.50. The summed E-state index contributed by atoms with van der Waals surface area (Å²) >= 11 is 0. The third-order valence-electron chi connectivity index (χ3n) is 4.50. The number of nitrogens with one attached hydrogen (secondary N) is 1. The molecule has 1 aromatic heterocycles. The maximum atomic E-state index is 12.6. The van der Waals surface area contributed by atoms with Gasteiger partial charge in [0, 0.05) is 11.6 Å². The smallest absolute Gasteiger partial charge is 0.289 e. The topological polar surface area (TPSA) is 64.4 Å². The van der Waals surface area contributed by atoms with Gasteiger partial charge in [-0.05, 0) is 37.5 Å². The summed E-state index contributed by atoms with van der Waals surface area (Å²) in [7, 11) is 1.62. The molecule has 1 aliphatic rings. The third kappa shape index (κ3) is 3.61. The minimum atomic E-state index is -0.152. The van der Waals surface area contributed by atoms with Crippen LogP contribution in [-0.2, 0) is 6.42 Å². The number of methoxy groups -OCH3 is 1. The first-order valence-corrected chi connectivity index (χ1v) is 8.66. The van der Waals surface area contributed by atoms with Crippen molar-refractivity contribution in [2.45, 2.75) is 51.5 Å². The van der Waals surface area contributed by atoms with Gasteiger partial charge in [0.2, 0.25) is 11.7 Å². The van der Waals surface area contributed by atoms with Crippen LogP contribution < -0.4 is 10.1 Å². The molecule has 0 saturated heterocycles. The molecule has 1 heterocycles. The molecular formula is C19H24N2O3. The highest BCUT2D eigenvalue weighted by Gasteiger charge is 2.23. The van der Waals surface area contributed by atoms with Gasteiger partial charge >= 0.3 is 0 Å². The first kappa shape index (κ1) is 16.6. The molecule has 24 heavy (non-hydrogen) atoms. The van der Waals surface area contributed by atoms with E-state index in [0.717, 1.165) is 24.2 Å². The van der Waals surface area contributed by atoms with Crippen LogP contribution in [0.4, 0.5) is 0 Å². The molecule has 1 amide bonds. The number of hydrogen-bond acceptors (Lipinski definition) is 4. The zero-order chi connectivity index (χ0) is 16.9. The fraction of sp³-hybridized carbons (Fsp3) is 0.474. The predicted molar refractivity (Wildman–Crippen MR) is 92.2 cm³/mol. The average Bonchev–Trinajstić information content (AvgIpc) is 3.07. The van der Waals surface area contributed by atoms with Gasteiger partial charge in [0.25, 0.3) is 5.91 Å².